The summed E-state index contributed by atoms with van der Waals surface area (Å²) >= 11 is 0. The van der Waals surface area contributed by atoms with E-state index < -0.39 is 17.5 Å². The number of carbonyl (C=O) groups excluding carboxylic acids is 2. The maximum Gasteiger partial charge on any atom is 0.253 e. The summed E-state index contributed by atoms with van der Waals surface area (Å²) in [7, 11) is 4.63. The lowest BCUT2D eigenvalue weighted by molar-refractivity contribution is -0.111. The zero-order valence-corrected chi connectivity index (χ0v) is 14.5. The molecule has 0 saturated heterocycles. The Morgan fingerprint density at radius 1 is 1.12 bits per heavy atom. The minimum Gasteiger partial charge on any atom is -0.495 e. The van der Waals surface area contributed by atoms with Crippen LogP contribution in [0.25, 0.3) is 6.08 Å². The molecule has 0 aliphatic heterocycles. The maximum absolute atomic E-state index is 13.6. The van der Waals surface area contributed by atoms with Crippen molar-refractivity contribution in [1.29, 1.82) is 0 Å². The molecule has 26 heavy (non-hydrogen) atoms. The van der Waals surface area contributed by atoms with Gasteiger partial charge in [-0.05, 0) is 36.4 Å². The summed E-state index contributed by atoms with van der Waals surface area (Å²) in [6.45, 7) is 0. The third-order valence-corrected chi connectivity index (χ3v) is 3.51. The highest BCUT2D eigenvalue weighted by Crippen LogP contribution is 2.26. The first-order valence-electron chi connectivity index (χ1n) is 7.66. The van der Waals surface area contributed by atoms with Gasteiger partial charge in [0, 0.05) is 31.3 Å². The smallest absolute Gasteiger partial charge is 0.253 e. The Labute approximate surface area is 149 Å². The van der Waals surface area contributed by atoms with Gasteiger partial charge in [0.15, 0.2) is 0 Å². The van der Waals surface area contributed by atoms with E-state index in [0.717, 1.165) is 24.3 Å². The van der Waals surface area contributed by atoms with E-state index in [1.165, 1.54) is 24.1 Å². The van der Waals surface area contributed by atoms with Crippen LogP contribution in [0.2, 0.25) is 0 Å². The summed E-state index contributed by atoms with van der Waals surface area (Å²) in [4.78, 5) is 25.5. The largest absolute Gasteiger partial charge is 0.495 e. The number of anilines is 1. The van der Waals surface area contributed by atoms with E-state index in [9.17, 15) is 18.4 Å². The number of rotatable bonds is 5. The summed E-state index contributed by atoms with van der Waals surface area (Å²) in [5.74, 6) is -2.07. The van der Waals surface area contributed by atoms with Gasteiger partial charge in [-0.2, -0.15) is 0 Å². The minimum absolute atomic E-state index is 0.243. The van der Waals surface area contributed by atoms with Crippen molar-refractivity contribution < 1.29 is 23.1 Å². The Morgan fingerprint density at radius 2 is 1.77 bits per heavy atom. The topological polar surface area (TPSA) is 58.6 Å². The maximum atomic E-state index is 13.6. The molecule has 0 aliphatic carbocycles. The molecule has 7 heteroatoms. The van der Waals surface area contributed by atoms with Crippen LogP contribution in [-0.2, 0) is 4.79 Å². The van der Waals surface area contributed by atoms with Crippen LogP contribution in [0.4, 0.5) is 14.5 Å². The van der Waals surface area contributed by atoms with Gasteiger partial charge in [-0.3, -0.25) is 9.59 Å². The molecular formula is C19H18F2N2O3. The fraction of sp³-hybridized carbons (Fsp3) is 0.158. The first-order valence-corrected chi connectivity index (χ1v) is 7.66. The molecule has 0 unspecified atom stereocenters. The van der Waals surface area contributed by atoms with Crippen molar-refractivity contribution in [2.75, 3.05) is 26.5 Å². The Kier molecular flexibility index (Phi) is 6.06. The molecule has 0 spiro atoms. The van der Waals surface area contributed by atoms with Crippen LogP contribution in [0.15, 0.2) is 42.5 Å². The number of hydrogen-bond acceptors (Lipinski definition) is 3. The van der Waals surface area contributed by atoms with Crippen molar-refractivity contribution in [2.24, 2.45) is 0 Å². The number of methoxy groups -OCH3 is 1. The summed E-state index contributed by atoms with van der Waals surface area (Å²) in [6, 6.07) is 8.02. The molecular weight excluding hydrogens is 342 g/mol. The molecule has 5 nitrogen and oxygen atoms in total. The van der Waals surface area contributed by atoms with Gasteiger partial charge in [0.2, 0.25) is 5.91 Å². The van der Waals surface area contributed by atoms with E-state index in [0.29, 0.717) is 11.3 Å². The van der Waals surface area contributed by atoms with Gasteiger partial charge in [-0.15, -0.1) is 0 Å². The zero-order valence-electron chi connectivity index (χ0n) is 14.5. The van der Waals surface area contributed by atoms with E-state index in [1.807, 2.05) is 0 Å². The van der Waals surface area contributed by atoms with Crippen LogP contribution in [-0.4, -0.2) is 37.9 Å². The van der Waals surface area contributed by atoms with Crippen LogP contribution in [0, 0.1) is 11.6 Å². The third-order valence-electron chi connectivity index (χ3n) is 3.51. The number of nitrogens with zero attached hydrogens (tertiary/aromatic N) is 1. The second kappa shape index (κ2) is 8.24. The van der Waals surface area contributed by atoms with Gasteiger partial charge in [0.1, 0.15) is 17.4 Å². The minimum atomic E-state index is -0.773. The fourth-order valence-electron chi connectivity index (χ4n) is 2.20. The highest BCUT2D eigenvalue weighted by molar-refractivity contribution is 6.04. The molecule has 0 aromatic heterocycles. The molecule has 0 heterocycles. The Balaban J connectivity index is 2.24. The van der Waals surface area contributed by atoms with Crippen molar-refractivity contribution >= 4 is 23.6 Å². The lowest BCUT2D eigenvalue weighted by Crippen LogP contribution is -2.22. The molecule has 0 atom stereocenters. The van der Waals surface area contributed by atoms with Gasteiger partial charge >= 0.3 is 0 Å². The SMILES string of the molecule is COc1ccc(C(=O)N(C)C)cc1NC(=O)C=Cc1c(F)cccc1F. The fourth-order valence-corrected chi connectivity index (χ4v) is 2.20. The first kappa shape index (κ1) is 19.1. The van der Waals surface area contributed by atoms with Crippen LogP contribution in [0.3, 0.4) is 0 Å². The standard InChI is InChI=1S/C19H18F2N2O3/c1-23(2)19(25)12-7-9-17(26-3)16(11-12)22-18(24)10-8-13-14(20)5-4-6-15(13)21/h4-11H,1-3H3,(H,22,24). The van der Waals surface area contributed by atoms with Gasteiger partial charge in [0.25, 0.3) is 5.91 Å². The lowest BCUT2D eigenvalue weighted by Gasteiger charge is -2.14. The van der Waals surface area contributed by atoms with Crippen LogP contribution in [0.1, 0.15) is 15.9 Å². The summed E-state index contributed by atoms with van der Waals surface area (Å²) in [6.07, 6.45) is 2.04. The molecule has 2 aromatic rings. The van der Waals surface area contributed by atoms with Gasteiger partial charge < -0.3 is 15.0 Å². The van der Waals surface area contributed by atoms with Crippen LogP contribution in [0.5, 0.6) is 5.75 Å². The summed E-state index contributed by atoms with van der Waals surface area (Å²) < 4.78 is 32.3. The molecule has 2 aromatic carbocycles. The molecule has 0 saturated carbocycles. The number of amides is 2. The highest BCUT2D eigenvalue weighted by Gasteiger charge is 2.13. The Bertz CT molecular complexity index is 844. The number of halogens is 2. The van der Waals surface area contributed by atoms with Gasteiger partial charge in [-0.25, -0.2) is 8.78 Å². The quantitative estimate of drug-likeness (QED) is 0.832. The Morgan fingerprint density at radius 3 is 2.35 bits per heavy atom. The second-order valence-electron chi connectivity index (χ2n) is 5.57. The zero-order chi connectivity index (χ0) is 19.3. The van der Waals surface area contributed by atoms with Gasteiger partial charge in [-0.1, -0.05) is 6.07 Å². The summed E-state index contributed by atoms with van der Waals surface area (Å²) in [5.41, 5.74) is 0.310. The predicted octanol–water partition coefficient (Wildman–Crippen LogP) is 3.33. The monoisotopic (exact) mass is 360 g/mol. The van der Waals surface area contributed by atoms with Gasteiger partial charge in [0.05, 0.1) is 12.8 Å². The molecule has 0 aliphatic rings. The van der Waals surface area contributed by atoms with Crippen molar-refractivity contribution in [3.05, 3.63) is 65.2 Å². The van der Waals surface area contributed by atoms with E-state index >= 15 is 0 Å². The molecule has 1 N–H and O–H groups in total. The molecule has 0 radical (unpaired) electrons. The average Bonchev–Trinajstić information content (AvgIpc) is 2.60. The molecule has 2 amide bonds. The average molecular weight is 360 g/mol. The van der Waals surface area contributed by atoms with Crippen LogP contribution >= 0.6 is 0 Å². The van der Waals surface area contributed by atoms with E-state index in [-0.39, 0.29) is 17.2 Å². The number of ether oxygens (including phenoxy) is 1. The molecule has 136 valence electrons. The normalized spacial score (nSPS) is 10.7. The van der Waals surface area contributed by atoms with E-state index in [4.69, 9.17) is 4.74 Å². The second-order valence-corrected chi connectivity index (χ2v) is 5.57. The highest BCUT2D eigenvalue weighted by atomic mass is 19.1. The molecule has 2 rings (SSSR count). The number of carbonyl (C=O) groups is 2. The van der Waals surface area contributed by atoms with E-state index in [2.05, 4.69) is 5.32 Å². The summed E-state index contributed by atoms with van der Waals surface area (Å²) in [5, 5.41) is 2.54. The van der Waals surface area contributed by atoms with Crippen molar-refractivity contribution in [2.45, 2.75) is 0 Å². The van der Waals surface area contributed by atoms with Crippen molar-refractivity contribution in [3.63, 3.8) is 0 Å². The third kappa shape index (κ3) is 4.44. The number of benzene rings is 2. The van der Waals surface area contributed by atoms with Crippen molar-refractivity contribution in [3.8, 4) is 5.75 Å². The number of nitrogens with one attached hydrogen (secondary N) is 1. The van der Waals surface area contributed by atoms with Crippen LogP contribution < -0.4 is 10.1 Å². The van der Waals surface area contributed by atoms with E-state index in [1.54, 1.807) is 26.2 Å². The molecule has 0 bridgehead atoms. The predicted molar refractivity (Wildman–Crippen MR) is 95.0 cm³/mol. The number of hydrogen-bond donors (Lipinski definition) is 1. The first-order chi connectivity index (χ1) is 12.3. The van der Waals surface area contributed by atoms with Crippen molar-refractivity contribution in [1.82, 2.24) is 4.90 Å². The Hall–Kier alpha value is -3.22. The lowest BCUT2D eigenvalue weighted by atomic mass is 10.1. The molecule has 0 fully saturated rings.